The minimum absolute atomic E-state index is 0.0440. The molecule has 0 bridgehead atoms. The molecule has 5 nitrogen and oxygen atoms in total. The number of carboxylic acids is 1. The molecule has 0 aromatic rings. The van der Waals surface area contributed by atoms with Crippen molar-refractivity contribution in [3.05, 3.63) is 0 Å². The Morgan fingerprint density at radius 1 is 1.40 bits per heavy atom. The quantitative estimate of drug-likeness (QED) is 0.698. The number of nitrogens with zero attached hydrogens (tertiary/aromatic N) is 1. The molecule has 0 radical (unpaired) electrons. The predicted molar refractivity (Wildman–Crippen MR) is 51.2 cm³/mol. The monoisotopic (exact) mass is 213 g/mol. The number of hydrogen-bond donors (Lipinski definition) is 1. The van der Waals surface area contributed by atoms with Crippen LogP contribution in [-0.4, -0.2) is 47.7 Å². The average molecular weight is 213 g/mol. The highest BCUT2D eigenvalue weighted by atomic mass is 16.5. The third kappa shape index (κ3) is 1.84. The van der Waals surface area contributed by atoms with Crippen molar-refractivity contribution in [1.29, 1.82) is 0 Å². The molecule has 2 rings (SSSR count). The molecule has 15 heavy (non-hydrogen) atoms. The maximum Gasteiger partial charge on any atom is 0.310 e. The van der Waals surface area contributed by atoms with E-state index in [0.29, 0.717) is 19.7 Å². The lowest BCUT2D eigenvalue weighted by Crippen LogP contribution is -2.56. The lowest BCUT2D eigenvalue weighted by atomic mass is 9.96. The van der Waals surface area contributed by atoms with Gasteiger partial charge in [-0.3, -0.25) is 9.59 Å². The second-order valence-corrected chi connectivity index (χ2v) is 4.34. The molecule has 0 saturated carbocycles. The average Bonchev–Trinajstić information content (AvgIpc) is 2.47. The Kier molecular flexibility index (Phi) is 2.65. The van der Waals surface area contributed by atoms with Gasteiger partial charge in [0.05, 0.1) is 5.92 Å². The molecule has 0 aromatic heterocycles. The molecule has 2 fully saturated rings. The minimum Gasteiger partial charge on any atom is -0.481 e. The number of rotatable bonds is 2. The third-order valence-electron chi connectivity index (χ3n) is 3.17. The van der Waals surface area contributed by atoms with Crippen LogP contribution >= 0.6 is 0 Å². The molecular formula is C10H15NO4. The first-order chi connectivity index (χ1) is 7.09. The molecule has 0 aliphatic carbocycles. The molecular weight excluding hydrogens is 198 g/mol. The summed E-state index contributed by atoms with van der Waals surface area (Å²) in [7, 11) is 0. The second kappa shape index (κ2) is 3.81. The van der Waals surface area contributed by atoms with Gasteiger partial charge < -0.3 is 14.7 Å². The zero-order valence-corrected chi connectivity index (χ0v) is 8.68. The minimum atomic E-state index is -0.820. The lowest BCUT2D eigenvalue weighted by molar-refractivity contribution is -0.158. The summed E-state index contributed by atoms with van der Waals surface area (Å²) in [5, 5.41) is 8.68. The summed E-state index contributed by atoms with van der Waals surface area (Å²) in [6, 6.07) is 0. The predicted octanol–water partition coefficient (Wildman–Crippen LogP) is -0.0456. The highest BCUT2D eigenvalue weighted by Gasteiger charge is 2.41. The Morgan fingerprint density at radius 2 is 2.07 bits per heavy atom. The molecule has 2 saturated heterocycles. The fourth-order valence-corrected chi connectivity index (χ4v) is 2.01. The van der Waals surface area contributed by atoms with Gasteiger partial charge in [0.25, 0.3) is 5.91 Å². The van der Waals surface area contributed by atoms with Crippen LogP contribution in [0, 0.1) is 11.8 Å². The van der Waals surface area contributed by atoms with Crippen molar-refractivity contribution in [2.24, 2.45) is 11.8 Å². The van der Waals surface area contributed by atoms with Gasteiger partial charge in [0, 0.05) is 19.7 Å². The zero-order valence-electron chi connectivity index (χ0n) is 8.68. The van der Waals surface area contributed by atoms with E-state index in [1.807, 2.05) is 6.92 Å². The first kappa shape index (κ1) is 10.4. The summed E-state index contributed by atoms with van der Waals surface area (Å²) >= 11 is 0. The van der Waals surface area contributed by atoms with Crippen molar-refractivity contribution in [2.45, 2.75) is 19.4 Å². The van der Waals surface area contributed by atoms with Crippen LogP contribution in [0.2, 0.25) is 0 Å². The number of likely N-dealkylation sites (tertiary alicyclic amines) is 1. The molecule has 5 heteroatoms. The number of hydrogen-bond acceptors (Lipinski definition) is 3. The molecule has 0 aromatic carbocycles. The maximum atomic E-state index is 11.8. The van der Waals surface area contributed by atoms with E-state index in [1.54, 1.807) is 4.90 Å². The van der Waals surface area contributed by atoms with Crippen LogP contribution in [0.5, 0.6) is 0 Å². The summed E-state index contributed by atoms with van der Waals surface area (Å²) in [6.07, 6.45) is 0.562. The van der Waals surface area contributed by atoms with Gasteiger partial charge in [-0.15, -0.1) is 0 Å². The van der Waals surface area contributed by atoms with Crippen molar-refractivity contribution in [2.75, 3.05) is 19.7 Å². The van der Waals surface area contributed by atoms with Gasteiger partial charge in [0.2, 0.25) is 0 Å². The Labute approximate surface area is 88.0 Å². The Bertz CT molecular complexity index is 285. The van der Waals surface area contributed by atoms with Crippen molar-refractivity contribution < 1.29 is 19.4 Å². The Hall–Kier alpha value is -1.10. The topological polar surface area (TPSA) is 66.8 Å². The van der Waals surface area contributed by atoms with Crippen molar-refractivity contribution in [3.8, 4) is 0 Å². The first-order valence-electron chi connectivity index (χ1n) is 5.23. The van der Waals surface area contributed by atoms with Crippen LogP contribution in [0.1, 0.15) is 13.3 Å². The van der Waals surface area contributed by atoms with E-state index in [9.17, 15) is 9.59 Å². The smallest absolute Gasteiger partial charge is 0.310 e. The van der Waals surface area contributed by atoms with Crippen molar-refractivity contribution in [1.82, 2.24) is 4.90 Å². The number of carboxylic acid groups (broad SMARTS) is 1. The molecule has 2 unspecified atom stereocenters. The normalized spacial score (nSPS) is 31.4. The molecule has 2 heterocycles. The van der Waals surface area contributed by atoms with Gasteiger partial charge in [-0.05, 0) is 12.3 Å². The summed E-state index contributed by atoms with van der Waals surface area (Å²) in [6.45, 7) is 3.29. The number of aliphatic carboxylic acids is 1. The first-order valence-corrected chi connectivity index (χ1v) is 5.23. The number of amides is 1. The Balaban J connectivity index is 1.86. The highest BCUT2D eigenvalue weighted by molar-refractivity contribution is 5.84. The number of ether oxygens (including phenoxy) is 1. The number of carbonyl (C=O) groups is 2. The van der Waals surface area contributed by atoms with E-state index in [-0.39, 0.29) is 23.8 Å². The fraction of sp³-hybridized carbons (Fsp3) is 0.800. The lowest BCUT2D eigenvalue weighted by Gasteiger charge is -2.38. The van der Waals surface area contributed by atoms with Crippen LogP contribution in [0.15, 0.2) is 0 Å². The van der Waals surface area contributed by atoms with Gasteiger partial charge in [-0.25, -0.2) is 0 Å². The van der Waals surface area contributed by atoms with Gasteiger partial charge >= 0.3 is 5.97 Å². The zero-order chi connectivity index (χ0) is 11.0. The number of carbonyl (C=O) groups excluding carboxylic acids is 1. The third-order valence-corrected chi connectivity index (χ3v) is 3.17. The van der Waals surface area contributed by atoms with Crippen LogP contribution in [0.4, 0.5) is 0 Å². The van der Waals surface area contributed by atoms with Gasteiger partial charge in [0.1, 0.15) is 6.10 Å². The molecule has 1 amide bonds. The second-order valence-electron chi connectivity index (χ2n) is 4.34. The van der Waals surface area contributed by atoms with Crippen LogP contribution < -0.4 is 0 Å². The van der Waals surface area contributed by atoms with E-state index in [1.165, 1.54) is 0 Å². The highest BCUT2D eigenvalue weighted by Crippen LogP contribution is 2.25. The summed E-state index contributed by atoms with van der Waals surface area (Å²) in [5.41, 5.74) is 0. The summed E-state index contributed by atoms with van der Waals surface area (Å²) in [4.78, 5) is 24.0. The molecule has 2 aliphatic heterocycles. The van der Waals surface area contributed by atoms with Gasteiger partial charge in [-0.2, -0.15) is 0 Å². The Morgan fingerprint density at radius 3 is 2.53 bits per heavy atom. The molecule has 2 aliphatic rings. The SMILES string of the molecule is CC1CCOC1C(=O)N1CC(C(=O)O)C1. The van der Waals surface area contributed by atoms with Gasteiger partial charge in [0.15, 0.2) is 0 Å². The molecule has 84 valence electrons. The van der Waals surface area contributed by atoms with E-state index < -0.39 is 5.97 Å². The van der Waals surface area contributed by atoms with E-state index in [2.05, 4.69) is 0 Å². The van der Waals surface area contributed by atoms with Crippen molar-refractivity contribution in [3.63, 3.8) is 0 Å². The van der Waals surface area contributed by atoms with E-state index in [4.69, 9.17) is 9.84 Å². The van der Waals surface area contributed by atoms with Crippen molar-refractivity contribution >= 4 is 11.9 Å². The molecule has 0 spiro atoms. The van der Waals surface area contributed by atoms with Crippen LogP contribution in [0.3, 0.4) is 0 Å². The standard InChI is InChI=1S/C10H15NO4/c1-6-2-3-15-8(6)9(12)11-4-7(5-11)10(13)14/h6-8H,2-5H2,1H3,(H,13,14). The van der Waals surface area contributed by atoms with Crippen LogP contribution in [0.25, 0.3) is 0 Å². The van der Waals surface area contributed by atoms with Crippen LogP contribution in [-0.2, 0) is 14.3 Å². The molecule has 1 N–H and O–H groups in total. The van der Waals surface area contributed by atoms with Gasteiger partial charge in [-0.1, -0.05) is 6.92 Å². The summed E-state index contributed by atoms with van der Waals surface area (Å²) < 4.78 is 5.34. The summed E-state index contributed by atoms with van der Waals surface area (Å²) in [5.74, 6) is -0.996. The largest absolute Gasteiger partial charge is 0.481 e. The van der Waals surface area contributed by atoms with E-state index in [0.717, 1.165) is 6.42 Å². The molecule has 2 atom stereocenters. The maximum absolute atomic E-state index is 11.8. The van der Waals surface area contributed by atoms with E-state index >= 15 is 0 Å². The fourth-order valence-electron chi connectivity index (χ4n) is 2.01.